The van der Waals surface area contributed by atoms with E-state index in [9.17, 15) is 0 Å². The van der Waals surface area contributed by atoms with Gasteiger partial charge in [-0.1, -0.05) is 13.3 Å². The Labute approximate surface area is 152 Å². The van der Waals surface area contributed by atoms with Crippen molar-refractivity contribution in [1.29, 1.82) is 0 Å². The normalized spacial score (nSPS) is 42.8. The number of ether oxygens (including phenoxy) is 4. The fourth-order valence-electron chi connectivity index (χ4n) is 6.40. The third kappa shape index (κ3) is 3.40. The van der Waals surface area contributed by atoms with Crippen LogP contribution in [0.5, 0.6) is 0 Å². The SMILES string of the molecule is C[C@]12CCC3CCCOCCOCCCC[C@H]3C1CCC21OCCO1. The van der Waals surface area contributed by atoms with E-state index in [1.165, 1.54) is 51.4 Å². The topological polar surface area (TPSA) is 36.9 Å². The maximum Gasteiger partial charge on any atom is 0.174 e. The standard InChI is InChI=1S/C21H36O4/c1-20-9-7-17-5-4-12-23-14-13-22-11-3-2-6-18(17)19(20)8-10-21(20)24-15-16-25-21/h17-19H,2-16H2,1H3/t17?,18-,19?,20+/m1/s1. The Hall–Kier alpha value is -0.160. The minimum Gasteiger partial charge on any atom is -0.379 e. The van der Waals surface area contributed by atoms with Crippen LogP contribution in [0.25, 0.3) is 0 Å². The summed E-state index contributed by atoms with van der Waals surface area (Å²) < 4.78 is 23.9. The Balaban J connectivity index is 1.49. The largest absolute Gasteiger partial charge is 0.379 e. The molecule has 2 heterocycles. The van der Waals surface area contributed by atoms with Crippen molar-refractivity contribution in [2.75, 3.05) is 39.6 Å². The van der Waals surface area contributed by atoms with Crippen molar-refractivity contribution in [3.05, 3.63) is 0 Å². The van der Waals surface area contributed by atoms with E-state index in [0.29, 0.717) is 0 Å². The van der Waals surface area contributed by atoms with E-state index in [1.54, 1.807) is 0 Å². The molecule has 0 N–H and O–H groups in total. The van der Waals surface area contributed by atoms with Gasteiger partial charge in [0.05, 0.1) is 26.4 Å². The maximum atomic E-state index is 6.25. The molecule has 0 aromatic carbocycles. The zero-order valence-electron chi connectivity index (χ0n) is 16.0. The van der Waals surface area contributed by atoms with Crippen LogP contribution in [0.3, 0.4) is 0 Å². The summed E-state index contributed by atoms with van der Waals surface area (Å²) >= 11 is 0. The molecule has 144 valence electrons. The van der Waals surface area contributed by atoms with Gasteiger partial charge in [0.1, 0.15) is 0 Å². The minimum atomic E-state index is -0.268. The van der Waals surface area contributed by atoms with Gasteiger partial charge in [-0.05, 0) is 62.7 Å². The first-order valence-electron chi connectivity index (χ1n) is 10.7. The Morgan fingerprint density at radius 1 is 0.680 bits per heavy atom. The fraction of sp³-hybridized carbons (Fsp3) is 1.00. The van der Waals surface area contributed by atoms with E-state index in [1.807, 2.05) is 0 Å². The van der Waals surface area contributed by atoms with Gasteiger partial charge in [0.25, 0.3) is 0 Å². The second-order valence-corrected chi connectivity index (χ2v) is 8.84. The smallest absolute Gasteiger partial charge is 0.174 e. The summed E-state index contributed by atoms with van der Waals surface area (Å²) in [7, 11) is 0. The van der Waals surface area contributed by atoms with Crippen molar-refractivity contribution >= 4 is 0 Å². The minimum absolute atomic E-state index is 0.214. The van der Waals surface area contributed by atoms with Crippen LogP contribution in [-0.2, 0) is 18.9 Å². The highest BCUT2D eigenvalue weighted by atomic mass is 16.7. The lowest BCUT2D eigenvalue weighted by Gasteiger charge is -2.51. The first-order chi connectivity index (χ1) is 12.3. The Morgan fingerprint density at radius 3 is 2.24 bits per heavy atom. The monoisotopic (exact) mass is 352 g/mol. The van der Waals surface area contributed by atoms with E-state index in [2.05, 4.69) is 6.92 Å². The molecular weight excluding hydrogens is 316 g/mol. The van der Waals surface area contributed by atoms with E-state index < -0.39 is 0 Å². The third-order valence-electron chi connectivity index (χ3n) is 7.70. The van der Waals surface area contributed by atoms with E-state index in [4.69, 9.17) is 18.9 Å². The van der Waals surface area contributed by atoms with Gasteiger partial charge >= 0.3 is 0 Å². The van der Waals surface area contributed by atoms with Crippen LogP contribution in [0.15, 0.2) is 0 Å². The molecule has 2 aliphatic carbocycles. The van der Waals surface area contributed by atoms with Gasteiger partial charge in [-0.2, -0.15) is 0 Å². The van der Waals surface area contributed by atoms with Crippen LogP contribution < -0.4 is 0 Å². The van der Waals surface area contributed by atoms with Crippen LogP contribution in [0.1, 0.15) is 64.7 Å². The molecule has 2 aliphatic heterocycles. The number of fused-ring (bicyclic) bond motifs is 4. The summed E-state index contributed by atoms with van der Waals surface area (Å²) in [4.78, 5) is 0. The molecule has 1 spiro atoms. The Kier molecular flexibility index (Phi) is 5.71. The predicted octanol–water partition coefficient (Wildman–Crippen LogP) is 4.17. The highest BCUT2D eigenvalue weighted by Gasteiger charge is 2.64. The van der Waals surface area contributed by atoms with Gasteiger partial charge in [0, 0.05) is 25.0 Å². The highest BCUT2D eigenvalue weighted by molar-refractivity contribution is 5.08. The molecule has 0 aromatic rings. The first-order valence-corrected chi connectivity index (χ1v) is 10.7. The molecule has 4 nitrogen and oxygen atoms in total. The van der Waals surface area contributed by atoms with Crippen LogP contribution in [-0.4, -0.2) is 45.4 Å². The Bertz CT molecular complexity index is 434. The van der Waals surface area contributed by atoms with Crippen LogP contribution >= 0.6 is 0 Å². The zero-order valence-corrected chi connectivity index (χ0v) is 16.0. The predicted molar refractivity (Wildman–Crippen MR) is 96.4 cm³/mol. The lowest BCUT2D eigenvalue weighted by atomic mass is 9.57. The molecule has 4 fully saturated rings. The molecule has 4 heteroatoms. The molecule has 2 unspecified atom stereocenters. The average Bonchev–Trinajstić information content (AvgIpc) is 3.20. The van der Waals surface area contributed by atoms with Crippen molar-refractivity contribution in [2.24, 2.45) is 23.2 Å². The summed E-state index contributed by atoms with van der Waals surface area (Å²) in [5.41, 5.74) is 0.214. The average molecular weight is 353 g/mol. The van der Waals surface area contributed by atoms with E-state index in [0.717, 1.165) is 63.8 Å². The van der Waals surface area contributed by atoms with Crippen molar-refractivity contribution in [2.45, 2.75) is 70.5 Å². The van der Waals surface area contributed by atoms with Crippen molar-refractivity contribution in [1.82, 2.24) is 0 Å². The van der Waals surface area contributed by atoms with Crippen molar-refractivity contribution in [3.63, 3.8) is 0 Å². The third-order valence-corrected chi connectivity index (χ3v) is 7.70. The summed E-state index contributed by atoms with van der Waals surface area (Å²) in [5.74, 6) is 2.18. The molecule has 0 amide bonds. The summed E-state index contributed by atoms with van der Waals surface area (Å²) in [6.07, 6.45) is 11.3. The van der Waals surface area contributed by atoms with Gasteiger partial charge in [-0.15, -0.1) is 0 Å². The quantitative estimate of drug-likeness (QED) is 0.656. The molecule has 4 atom stereocenters. The maximum absolute atomic E-state index is 6.25. The first kappa shape index (κ1) is 18.2. The summed E-state index contributed by atoms with van der Waals surface area (Å²) in [5, 5.41) is 0. The van der Waals surface area contributed by atoms with Crippen LogP contribution in [0, 0.1) is 23.2 Å². The van der Waals surface area contributed by atoms with Gasteiger partial charge in [-0.25, -0.2) is 0 Å². The molecule has 25 heavy (non-hydrogen) atoms. The molecular formula is C21H36O4. The van der Waals surface area contributed by atoms with E-state index in [-0.39, 0.29) is 11.2 Å². The fourth-order valence-corrected chi connectivity index (χ4v) is 6.40. The number of hydrogen-bond donors (Lipinski definition) is 0. The number of rotatable bonds is 0. The van der Waals surface area contributed by atoms with Crippen LogP contribution in [0.4, 0.5) is 0 Å². The lowest BCUT2D eigenvalue weighted by Crippen LogP contribution is -2.51. The molecule has 2 saturated heterocycles. The van der Waals surface area contributed by atoms with Gasteiger partial charge in [-0.3, -0.25) is 0 Å². The van der Waals surface area contributed by atoms with Crippen LogP contribution in [0.2, 0.25) is 0 Å². The Morgan fingerprint density at radius 2 is 1.44 bits per heavy atom. The van der Waals surface area contributed by atoms with Gasteiger partial charge < -0.3 is 18.9 Å². The second-order valence-electron chi connectivity index (χ2n) is 8.84. The molecule has 4 rings (SSSR count). The highest BCUT2D eigenvalue weighted by Crippen LogP contribution is 2.64. The van der Waals surface area contributed by atoms with Gasteiger partial charge in [0.15, 0.2) is 5.79 Å². The second kappa shape index (κ2) is 7.84. The van der Waals surface area contributed by atoms with Crippen molar-refractivity contribution < 1.29 is 18.9 Å². The van der Waals surface area contributed by atoms with Gasteiger partial charge in [0.2, 0.25) is 0 Å². The lowest BCUT2D eigenvalue weighted by molar-refractivity contribution is -0.239. The number of hydrogen-bond acceptors (Lipinski definition) is 4. The zero-order chi connectivity index (χ0) is 17.2. The summed E-state index contributed by atoms with van der Waals surface area (Å²) in [6.45, 7) is 7.33. The molecule has 4 aliphatic rings. The molecule has 0 aromatic heterocycles. The molecule has 0 bridgehead atoms. The van der Waals surface area contributed by atoms with Crippen molar-refractivity contribution in [3.8, 4) is 0 Å². The van der Waals surface area contributed by atoms with E-state index >= 15 is 0 Å². The summed E-state index contributed by atoms with van der Waals surface area (Å²) in [6, 6.07) is 0. The molecule has 2 saturated carbocycles. The molecule has 0 radical (unpaired) electrons.